The Bertz CT molecular complexity index is 553. The molecule has 1 N–H and O–H groups in total. The number of rotatable bonds is 7. The van der Waals surface area contributed by atoms with Gasteiger partial charge in [-0.3, -0.25) is 0 Å². The van der Waals surface area contributed by atoms with Gasteiger partial charge in [-0.05, 0) is 49.7 Å². The third-order valence-corrected chi connectivity index (χ3v) is 4.74. The topological polar surface area (TPSA) is 12.0 Å². The Balaban J connectivity index is 1.93. The minimum Gasteiger partial charge on any atom is -0.313 e. The Morgan fingerprint density at radius 3 is 2.57 bits per heavy atom. The third kappa shape index (κ3) is 5.74. The van der Waals surface area contributed by atoms with E-state index in [0.29, 0.717) is 6.04 Å². The van der Waals surface area contributed by atoms with Gasteiger partial charge < -0.3 is 5.32 Å². The number of hydrogen-bond donors (Lipinski definition) is 1. The van der Waals surface area contributed by atoms with Crippen LogP contribution in [0.25, 0.3) is 0 Å². The largest absolute Gasteiger partial charge is 0.313 e. The molecule has 1 nitrogen and oxygen atoms in total. The molecule has 0 aromatic heterocycles. The van der Waals surface area contributed by atoms with Gasteiger partial charge in [-0.1, -0.05) is 48.4 Å². The van der Waals surface area contributed by atoms with Crippen molar-refractivity contribution in [1.82, 2.24) is 5.32 Å². The molecule has 1 unspecified atom stereocenters. The molecule has 0 aliphatic heterocycles. The van der Waals surface area contributed by atoms with E-state index in [-0.39, 0.29) is 0 Å². The number of nitrogens with one attached hydrogen (secondary N) is 1. The Morgan fingerprint density at radius 1 is 1.14 bits per heavy atom. The molecule has 0 saturated carbocycles. The summed E-state index contributed by atoms with van der Waals surface area (Å²) < 4.78 is 0. The number of thioether (sulfide) groups is 1. The number of halogens is 1. The lowest BCUT2D eigenvalue weighted by atomic mass is 10.1. The third-order valence-electron chi connectivity index (χ3n) is 3.33. The quantitative estimate of drug-likeness (QED) is 0.724. The summed E-state index contributed by atoms with van der Waals surface area (Å²) in [6.07, 6.45) is 1.03. The first kappa shape index (κ1) is 16.4. The van der Waals surface area contributed by atoms with E-state index in [9.17, 15) is 0 Å². The maximum atomic E-state index is 5.95. The highest BCUT2D eigenvalue weighted by molar-refractivity contribution is 7.99. The highest BCUT2D eigenvalue weighted by Crippen LogP contribution is 2.21. The molecule has 3 heteroatoms. The van der Waals surface area contributed by atoms with Crippen LogP contribution in [0.15, 0.2) is 53.4 Å². The minimum atomic E-state index is 0.474. The molecule has 0 heterocycles. The van der Waals surface area contributed by atoms with E-state index in [1.54, 1.807) is 0 Å². The van der Waals surface area contributed by atoms with Crippen LogP contribution in [-0.4, -0.2) is 18.3 Å². The molecule has 0 saturated heterocycles. The number of aryl methyl sites for hydroxylation is 1. The van der Waals surface area contributed by atoms with Crippen LogP contribution in [0, 0.1) is 6.92 Å². The van der Waals surface area contributed by atoms with Crippen molar-refractivity contribution in [2.45, 2.75) is 31.2 Å². The first-order valence-electron chi connectivity index (χ1n) is 7.34. The molecule has 0 bridgehead atoms. The van der Waals surface area contributed by atoms with Gasteiger partial charge >= 0.3 is 0 Å². The molecule has 0 aliphatic rings. The van der Waals surface area contributed by atoms with Crippen LogP contribution in [0.4, 0.5) is 0 Å². The second kappa shape index (κ2) is 8.47. The molecule has 0 spiro atoms. The van der Waals surface area contributed by atoms with E-state index in [1.807, 2.05) is 23.9 Å². The molecular weight excluding hydrogens is 298 g/mol. The van der Waals surface area contributed by atoms with Gasteiger partial charge in [0.2, 0.25) is 0 Å². The van der Waals surface area contributed by atoms with Crippen molar-refractivity contribution in [3.8, 4) is 0 Å². The maximum Gasteiger partial charge on any atom is 0.0406 e. The molecule has 2 aromatic carbocycles. The van der Waals surface area contributed by atoms with Crippen LogP contribution in [0.1, 0.15) is 18.1 Å². The van der Waals surface area contributed by atoms with Gasteiger partial charge in [-0.15, -0.1) is 11.8 Å². The molecule has 21 heavy (non-hydrogen) atoms. The van der Waals surface area contributed by atoms with Gasteiger partial charge in [0.05, 0.1) is 0 Å². The summed E-state index contributed by atoms with van der Waals surface area (Å²) in [5.74, 6) is 1.07. The standard InChI is InChI=1S/C18H22ClNS/c1-3-20-17(12-15-7-9-16(19)10-8-15)13-21-18-6-4-5-14(2)11-18/h4-11,17,20H,3,12-13H2,1-2H3. The predicted octanol–water partition coefficient (Wildman–Crippen LogP) is 4.96. The Hall–Kier alpha value is -0.960. The van der Waals surface area contributed by atoms with Crippen molar-refractivity contribution in [3.05, 3.63) is 64.7 Å². The molecule has 112 valence electrons. The minimum absolute atomic E-state index is 0.474. The summed E-state index contributed by atoms with van der Waals surface area (Å²) in [4.78, 5) is 1.34. The van der Waals surface area contributed by atoms with Crippen molar-refractivity contribution >= 4 is 23.4 Å². The first-order chi connectivity index (χ1) is 10.2. The average Bonchev–Trinajstić information content (AvgIpc) is 2.47. The molecule has 2 rings (SSSR count). The van der Waals surface area contributed by atoms with Gasteiger partial charge in [0, 0.05) is 21.7 Å². The molecular formula is C18H22ClNS. The summed E-state index contributed by atoms with van der Waals surface area (Å²) in [5, 5.41) is 4.38. The van der Waals surface area contributed by atoms with E-state index < -0.39 is 0 Å². The molecule has 2 aromatic rings. The highest BCUT2D eigenvalue weighted by Gasteiger charge is 2.09. The van der Waals surface area contributed by atoms with Gasteiger partial charge in [0.1, 0.15) is 0 Å². The van der Waals surface area contributed by atoms with Crippen LogP contribution in [0.2, 0.25) is 5.02 Å². The molecule has 1 atom stereocenters. The van der Waals surface area contributed by atoms with Crippen molar-refractivity contribution in [2.24, 2.45) is 0 Å². The number of hydrogen-bond acceptors (Lipinski definition) is 2. The van der Waals surface area contributed by atoms with Crippen molar-refractivity contribution in [1.29, 1.82) is 0 Å². The lowest BCUT2D eigenvalue weighted by Gasteiger charge is -2.18. The monoisotopic (exact) mass is 319 g/mol. The summed E-state index contributed by atoms with van der Waals surface area (Å²) in [6, 6.07) is 17.3. The zero-order valence-corrected chi connectivity index (χ0v) is 14.2. The van der Waals surface area contributed by atoms with Crippen LogP contribution in [-0.2, 0) is 6.42 Å². The predicted molar refractivity (Wildman–Crippen MR) is 94.5 cm³/mol. The summed E-state index contributed by atoms with van der Waals surface area (Å²) >= 11 is 7.86. The maximum absolute atomic E-state index is 5.95. The SMILES string of the molecule is CCNC(CSc1cccc(C)c1)Cc1ccc(Cl)cc1. The van der Waals surface area contributed by atoms with Gasteiger partial charge in [0.15, 0.2) is 0 Å². The van der Waals surface area contributed by atoms with Crippen molar-refractivity contribution < 1.29 is 0 Å². The van der Waals surface area contributed by atoms with Crippen LogP contribution >= 0.6 is 23.4 Å². The van der Waals surface area contributed by atoms with Crippen LogP contribution < -0.4 is 5.32 Å². The lowest BCUT2D eigenvalue weighted by molar-refractivity contribution is 0.572. The van der Waals surface area contributed by atoms with E-state index in [2.05, 4.69) is 55.6 Å². The smallest absolute Gasteiger partial charge is 0.0406 e. The van der Waals surface area contributed by atoms with Crippen molar-refractivity contribution in [3.63, 3.8) is 0 Å². The molecule has 0 aliphatic carbocycles. The molecule has 0 fully saturated rings. The van der Waals surface area contributed by atoms with E-state index in [1.165, 1.54) is 16.0 Å². The van der Waals surface area contributed by atoms with Gasteiger partial charge in [-0.25, -0.2) is 0 Å². The van der Waals surface area contributed by atoms with E-state index >= 15 is 0 Å². The second-order valence-electron chi connectivity index (χ2n) is 5.21. The average molecular weight is 320 g/mol. The zero-order valence-electron chi connectivity index (χ0n) is 12.6. The van der Waals surface area contributed by atoms with Gasteiger partial charge in [-0.2, -0.15) is 0 Å². The summed E-state index contributed by atoms with van der Waals surface area (Å²) in [7, 11) is 0. The van der Waals surface area contributed by atoms with Crippen LogP contribution in [0.3, 0.4) is 0 Å². The van der Waals surface area contributed by atoms with Crippen molar-refractivity contribution in [2.75, 3.05) is 12.3 Å². The van der Waals surface area contributed by atoms with Gasteiger partial charge in [0.25, 0.3) is 0 Å². The fraction of sp³-hybridized carbons (Fsp3) is 0.333. The Morgan fingerprint density at radius 2 is 1.90 bits per heavy atom. The summed E-state index contributed by atoms with van der Waals surface area (Å²) in [6.45, 7) is 5.29. The van der Waals surface area contributed by atoms with E-state index in [4.69, 9.17) is 11.6 Å². The number of likely N-dealkylation sites (N-methyl/N-ethyl adjacent to an activating group) is 1. The Kier molecular flexibility index (Phi) is 6.62. The normalized spacial score (nSPS) is 12.3. The Labute approximate surface area is 137 Å². The second-order valence-corrected chi connectivity index (χ2v) is 6.74. The summed E-state index contributed by atoms with van der Waals surface area (Å²) in [5.41, 5.74) is 2.65. The molecule has 0 amide bonds. The number of benzene rings is 2. The van der Waals surface area contributed by atoms with E-state index in [0.717, 1.165) is 23.7 Å². The lowest BCUT2D eigenvalue weighted by Crippen LogP contribution is -2.33. The first-order valence-corrected chi connectivity index (χ1v) is 8.71. The van der Waals surface area contributed by atoms with Crippen LogP contribution in [0.5, 0.6) is 0 Å². The molecule has 0 radical (unpaired) electrons. The fourth-order valence-electron chi connectivity index (χ4n) is 2.29. The fourth-order valence-corrected chi connectivity index (χ4v) is 3.48. The zero-order chi connectivity index (χ0) is 15.1. The highest BCUT2D eigenvalue weighted by atomic mass is 35.5.